The number of carbonyl (C=O) groups is 1. The summed E-state index contributed by atoms with van der Waals surface area (Å²) in [4.78, 5) is 21.8. The lowest BCUT2D eigenvalue weighted by Gasteiger charge is -2.18. The van der Waals surface area contributed by atoms with Crippen molar-refractivity contribution in [2.24, 2.45) is 5.73 Å². The maximum atomic E-state index is 11.5. The van der Waals surface area contributed by atoms with Crippen molar-refractivity contribution in [2.45, 2.75) is 0 Å². The third-order valence-electron chi connectivity index (χ3n) is 2.90. The van der Waals surface area contributed by atoms with Gasteiger partial charge in [-0.3, -0.25) is 4.98 Å². The first-order chi connectivity index (χ1) is 10.0. The number of ether oxygens (including phenoxy) is 1. The second-order valence-corrected chi connectivity index (χ2v) is 4.66. The van der Waals surface area contributed by atoms with Gasteiger partial charge in [0.25, 0.3) is 0 Å². The van der Waals surface area contributed by atoms with Crippen LogP contribution >= 0.6 is 12.2 Å². The molecule has 0 aliphatic heterocycles. The van der Waals surface area contributed by atoms with Gasteiger partial charge in [-0.2, -0.15) is 0 Å². The van der Waals surface area contributed by atoms with Gasteiger partial charge in [-0.05, 0) is 24.3 Å². The van der Waals surface area contributed by atoms with Crippen molar-refractivity contribution in [1.82, 2.24) is 9.97 Å². The van der Waals surface area contributed by atoms with Crippen LogP contribution in [0.15, 0.2) is 36.7 Å². The molecule has 108 valence electrons. The third-order valence-corrected chi connectivity index (χ3v) is 3.13. The molecule has 0 amide bonds. The molecule has 0 saturated carbocycles. The Morgan fingerprint density at radius 3 is 2.52 bits per heavy atom. The molecule has 0 aliphatic carbocycles. The topological polar surface area (TPSA) is 81.3 Å². The maximum Gasteiger partial charge on any atom is 0.358 e. The van der Waals surface area contributed by atoms with Crippen molar-refractivity contribution in [3.8, 4) is 0 Å². The van der Waals surface area contributed by atoms with E-state index in [2.05, 4.69) is 14.7 Å². The summed E-state index contributed by atoms with van der Waals surface area (Å²) in [7, 11) is 3.12. The highest BCUT2D eigenvalue weighted by Crippen LogP contribution is 2.21. The van der Waals surface area contributed by atoms with Gasteiger partial charge < -0.3 is 15.4 Å². The van der Waals surface area contributed by atoms with Gasteiger partial charge in [0.1, 0.15) is 4.99 Å². The first kappa shape index (κ1) is 14.9. The highest BCUT2D eigenvalue weighted by Gasteiger charge is 2.12. The molecule has 2 N–H and O–H groups in total. The van der Waals surface area contributed by atoms with Crippen molar-refractivity contribution in [3.63, 3.8) is 0 Å². The Morgan fingerprint density at radius 2 is 1.95 bits per heavy atom. The van der Waals surface area contributed by atoms with E-state index in [1.807, 2.05) is 31.3 Å². The molecule has 0 aliphatic rings. The fraction of sp³-hybridized carbons (Fsp3) is 0.143. The highest BCUT2D eigenvalue weighted by molar-refractivity contribution is 7.80. The molecule has 2 rings (SSSR count). The number of carbonyl (C=O) groups excluding carboxylic acids is 1. The summed E-state index contributed by atoms with van der Waals surface area (Å²) in [6.07, 6.45) is 2.92. The average Bonchev–Trinajstić information content (AvgIpc) is 2.53. The van der Waals surface area contributed by atoms with E-state index in [4.69, 9.17) is 18.0 Å². The van der Waals surface area contributed by atoms with Gasteiger partial charge in [0.2, 0.25) is 0 Å². The zero-order chi connectivity index (χ0) is 15.4. The molecule has 1 aromatic carbocycles. The van der Waals surface area contributed by atoms with Crippen LogP contribution in [0.5, 0.6) is 0 Å². The SMILES string of the molecule is COC(=O)c1cncc(N(C)c2ccc(C(N)=S)cc2)n1. The van der Waals surface area contributed by atoms with E-state index in [0.717, 1.165) is 11.3 Å². The molecule has 6 nitrogen and oxygen atoms in total. The minimum Gasteiger partial charge on any atom is -0.464 e. The molecular formula is C14H14N4O2S. The van der Waals surface area contributed by atoms with E-state index < -0.39 is 5.97 Å². The van der Waals surface area contributed by atoms with Gasteiger partial charge in [0.15, 0.2) is 11.5 Å². The lowest BCUT2D eigenvalue weighted by molar-refractivity contribution is 0.0593. The van der Waals surface area contributed by atoms with Crippen molar-refractivity contribution in [3.05, 3.63) is 47.9 Å². The van der Waals surface area contributed by atoms with Crippen LogP contribution in [0.2, 0.25) is 0 Å². The number of benzene rings is 1. The third kappa shape index (κ3) is 3.32. The number of hydrogen-bond donors (Lipinski definition) is 1. The van der Waals surface area contributed by atoms with Crippen LogP contribution in [0.1, 0.15) is 16.1 Å². The van der Waals surface area contributed by atoms with E-state index in [1.54, 1.807) is 11.1 Å². The van der Waals surface area contributed by atoms with E-state index >= 15 is 0 Å². The molecule has 0 fully saturated rings. The molecule has 0 saturated heterocycles. The number of rotatable bonds is 4. The number of aromatic nitrogens is 2. The van der Waals surface area contributed by atoms with Gasteiger partial charge >= 0.3 is 5.97 Å². The van der Waals surface area contributed by atoms with Crippen LogP contribution in [-0.2, 0) is 4.74 Å². The standard InChI is InChI=1S/C14H14N4O2S/c1-18(10-5-3-9(4-6-10)13(15)21)12-8-16-7-11(17-12)14(19)20-2/h3-8H,1-2H3,(H2,15,21). The second kappa shape index (κ2) is 6.27. The fourth-order valence-corrected chi connectivity index (χ4v) is 1.84. The Kier molecular flexibility index (Phi) is 4.44. The summed E-state index contributed by atoms with van der Waals surface area (Å²) in [6.45, 7) is 0. The number of nitrogens with zero attached hydrogens (tertiary/aromatic N) is 3. The zero-order valence-electron chi connectivity index (χ0n) is 11.6. The molecule has 0 bridgehead atoms. The molecule has 0 atom stereocenters. The van der Waals surface area contributed by atoms with Gasteiger partial charge in [-0.1, -0.05) is 12.2 Å². The van der Waals surface area contributed by atoms with Gasteiger partial charge in [0, 0.05) is 18.3 Å². The van der Waals surface area contributed by atoms with Gasteiger partial charge in [-0.15, -0.1) is 0 Å². The Labute approximate surface area is 127 Å². The number of thiocarbonyl (C=S) groups is 1. The van der Waals surface area contributed by atoms with Crippen LogP contribution < -0.4 is 10.6 Å². The lowest BCUT2D eigenvalue weighted by atomic mass is 10.2. The number of nitrogens with two attached hydrogens (primary N) is 1. The number of hydrogen-bond acceptors (Lipinski definition) is 6. The smallest absolute Gasteiger partial charge is 0.358 e. The highest BCUT2D eigenvalue weighted by atomic mass is 32.1. The minimum absolute atomic E-state index is 0.154. The van der Waals surface area contributed by atoms with Crippen molar-refractivity contribution in [1.29, 1.82) is 0 Å². The first-order valence-corrected chi connectivity index (χ1v) is 6.47. The van der Waals surface area contributed by atoms with E-state index in [0.29, 0.717) is 10.8 Å². The molecule has 21 heavy (non-hydrogen) atoms. The quantitative estimate of drug-likeness (QED) is 0.679. The summed E-state index contributed by atoms with van der Waals surface area (Å²) < 4.78 is 4.63. The van der Waals surface area contributed by atoms with Gasteiger partial charge in [0.05, 0.1) is 19.5 Å². The number of esters is 1. The fourth-order valence-electron chi connectivity index (χ4n) is 1.70. The summed E-state index contributed by atoms with van der Waals surface area (Å²) in [5.41, 5.74) is 7.37. The summed E-state index contributed by atoms with van der Waals surface area (Å²) >= 11 is 4.91. The molecular weight excluding hydrogens is 288 g/mol. The minimum atomic E-state index is -0.526. The van der Waals surface area contributed by atoms with Crippen molar-refractivity contribution in [2.75, 3.05) is 19.1 Å². The molecule has 1 aromatic heterocycles. The molecule has 2 aromatic rings. The molecule has 0 radical (unpaired) electrons. The first-order valence-electron chi connectivity index (χ1n) is 6.07. The Hall–Kier alpha value is -2.54. The van der Waals surface area contributed by atoms with Crippen LogP contribution in [0.4, 0.5) is 11.5 Å². The predicted molar refractivity (Wildman–Crippen MR) is 83.8 cm³/mol. The lowest BCUT2D eigenvalue weighted by Crippen LogP contribution is -2.15. The van der Waals surface area contributed by atoms with Crippen molar-refractivity contribution >= 4 is 34.7 Å². The number of methoxy groups -OCH3 is 1. The van der Waals surface area contributed by atoms with Crippen molar-refractivity contribution < 1.29 is 9.53 Å². The van der Waals surface area contributed by atoms with Crippen LogP contribution in [0.25, 0.3) is 0 Å². The Balaban J connectivity index is 2.29. The predicted octanol–water partition coefficient (Wildman–Crippen LogP) is 1.67. The van der Waals surface area contributed by atoms with Crippen LogP contribution in [0, 0.1) is 0 Å². The maximum absolute atomic E-state index is 11.5. The molecule has 7 heteroatoms. The summed E-state index contributed by atoms with van der Waals surface area (Å²) in [5, 5.41) is 0. The van der Waals surface area contributed by atoms with E-state index in [-0.39, 0.29) is 5.69 Å². The second-order valence-electron chi connectivity index (χ2n) is 4.22. The van der Waals surface area contributed by atoms with Crippen LogP contribution in [0.3, 0.4) is 0 Å². The number of anilines is 2. The zero-order valence-corrected chi connectivity index (χ0v) is 12.4. The molecule has 0 spiro atoms. The molecule has 1 heterocycles. The van der Waals surface area contributed by atoms with E-state index in [1.165, 1.54) is 13.3 Å². The summed E-state index contributed by atoms with van der Waals surface area (Å²) in [5.74, 6) is 0.00236. The largest absolute Gasteiger partial charge is 0.464 e. The van der Waals surface area contributed by atoms with Crippen LogP contribution in [-0.4, -0.2) is 35.1 Å². The molecule has 0 unspecified atom stereocenters. The summed E-state index contributed by atoms with van der Waals surface area (Å²) in [6, 6.07) is 7.37. The Bertz CT molecular complexity index is 673. The average molecular weight is 302 g/mol. The van der Waals surface area contributed by atoms with E-state index in [9.17, 15) is 4.79 Å². The Morgan fingerprint density at radius 1 is 1.29 bits per heavy atom. The monoisotopic (exact) mass is 302 g/mol. The normalized spacial score (nSPS) is 10.0. The van der Waals surface area contributed by atoms with Gasteiger partial charge in [-0.25, -0.2) is 9.78 Å².